The van der Waals surface area contributed by atoms with Crippen molar-refractivity contribution in [2.24, 2.45) is 5.92 Å². The Morgan fingerprint density at radius 2 is 2.25 bits per heavy atom. The van der Waals surface area contributed by atoms with Gasteiger partial charge in [-0.3, -0.25) is 0 Å². The zero-order chi connectivity index (χ0) is 11.5. The lowest BCUT2D eigenvalue weighted by atomic mass is 10.0. The van der Waals surface area contributed by atoms with Crippen LogP contribution in [0.15, 0.2) is 0 Å². The van der Waals surface area contributed by atoms with Crippen LogP contribution in [0.25, 0.3) is 0 Å². The summed E-state index contributed by atoms with van der Waals surface area (Å²) in [6, 6.07) is 2.73. The maximum atomic E-state index is 8.76. The Balaban J connectivity index is 2.16. The molecule has 1 aliphatic carbocycles. The van der Waals surface area contributed by atoms with E-state index < -0.39 is 0 Å². The predicted octanol–water partition coefficient (Wildman–Crippen LogP) is 2.27. The lowest BCUT2D eigenvalue weighted by Gasteiger charge is -2.07. The Morgan fingerprint density at radius 3 is 2.81 bits per heavy atom. The van der Waals surface area contributed by atoms with Gasteiger partial charge < -0.3 is 0 Å². The molecule has 0 amide bonds. The number of nitriles is 1. The molecule has 2 rings (SSSR count). The third-order valence-electron chi connectivity index (χ3n) is 2.97. The van der Waals surface area contributed by atoms with Crippen LogP contribution in [-0.4, -0.2) is 15.0 Å². The summed E-state index contributed by atoms with van der Waals surface area (Å²) in [5, 5.41) is 17.1. The fourth-order valence-corrected chi connectivity index (χ4v) is 1.86. The first-order valence-corrected chi connectivity index (χ1v) is 6.02. The molecule has 0 spiro atoms. The van der Waals surface area contributed by atoms with E-state index in [1.54, 1.807) is 0 Å². The molecule has 4 nitrogen and oxygen atoms in total. The Kier molecular flexibility index (Phi) is 3.23. The van der Waals surface area contributed by atoms with E-state index in [-0.39, 0.29) is 0 Å². The average Bonchev–Trinajstić information content (AvgIpc) is 3.00. The molecule has 0 atom stereocenters. The second-order valence-electron chi connectivity index (χ2n) is 4.93. The topological polar surface area (TPSA) is 54.5 Å². The second-order valence-corrected chi connectivity index (χ2v) is 4.93. The summed E-state index contributed by atoms with van der Waals surface area (Å²) in [4.78, 5) is 0. The molecule has 86 valence electrons. The largest absolute Gasteiger partial charge is 0.246 e. The maximum Gasteiger partial charge on any atom is 0.0999 e. The minimum atomic E-state index is 0.389. The van der Waals surface area contributed by atoms with Gasteiger partial charge >= 0.3 is 0 Å². The average molecular weight is 218 g/mol. The monoisotopic (exact) mass is 218 g/mol. The molecule has 0 radical (unpaired) electrons. The summed E-state index contributed by atoms with van der Waals surface area (Å²) in [5.74, 6) is 0.678. The van der Waals surface area contributed by atoms with Crippen LogP contribution in [0.1, 0.15) is 50.5 Å². The second kappa shape index (κ2) is 4.65. The van der Waals surface area contributed by atoms with Crippen LogP contribution in [0.5, 0.6) is 0 Å². The van der Waals surface area contributed by atoms with E-state index in [9.17, 15) is 0 Å². The summed E-state index contributed by atoms with van der Waals surface area (Å²) in [7, 11) is 0. The molecule has 4 heteroatoms. The van der Waals surface area contributed by atoms with Crippen LogP contribution in [0.4, 0.5) is 0 Å². The number of hydrogen-bond donors (Lipinski definition) is 0. The number of hydrogen-bond acceptors (Lipinski definition) is 3. The molecule has 1 aliphatic rings. The minimum absolute atomic E-state index is 0.389. The van der Waals surface area contributed by atoms with Crippen LogP contribution >= 0.6 is 0 Å². The Hall–Kier alpha value is -1.37. The molecule has 0 N–H and O–H groups in total. The zero-order valence-corrected chi connectivity index (χ0v) is 9.98. The highest BCUT2D eigenvalue weighted by Crippen LogP contribution is 2.35. The number of rotatable bonds is 5. The van der Waals surface area contributed by atoms with Gasteiger partial charge in [-0.15, -0.1) is 5.10 Å². The maximum absolute atomic E-state index is 8.76. The molecule has 0 aromatic carbocycles. The molecule has 1 heterocycles. The predicted molar refractivity (Wildman–Crippen MR) is 60.8 cm³/mol. The van der Waals surface area contributed by atoms with E-state index in [0.717, 1.165) is 18.5 Å². The first-order chi connectivity index (χ1) is 7.72. The van der Waals surface area contributed by atoms with Crippen LogP contribution < -0.4 is 0 Å². The van der Waals surface area contributed by atoms with E-state index in [1.807, 2.05) is 0 Å². The minimum Gasteiger partial charge on any atom is -0.246 e. The number of aromatic nitrogens is 3. The molecule has 1 aromatic rings. The Labute approximate surface area is 96.3 Å². The van der Waals surface area contributed by atoms with E-state index in [0.29, 0.717) is 18.4 Å². The molecule has 0 unspecified atom stereocenters. The van der Waals surface area contributed by atoms with Crippen molar-refractivity contribution in [3.8, 4) is 6.07 Å². The Morgan fingerprint density at radius 1 is 1.50 bits per heavy atom. The first-order valence-electron chi connectivity index (χ1n) is 6.02. The van der Waals surface area contributed by atoms with Crippen molar-refractivity contribution in [1.82, 2.24) is 15.0 Å². The van der Waals surface area contributed by atoms with Crippen molar-refractivity contribution in [3.63, 3.8) is 0 Å². The molecule has 0 bridgehead atoms. The van der Waals surface area contributed by atoms with E-state index in [2.05, 4.69) is 34.9 Å². The van der Waals surface area contributed by atoms with Gasteiger partial charge in [0.25, 0.3) is 0 Å². The zero-order valence-electron chi connectivity index (χ0n) is 9.98. The highest BCUT2D eigenvalue weighted by atomic mass is 15.5. The van der Waals surface area contributed by atoms with Crippen molar-refractivity contribution in [2.45, 2.75) is 52.0 Å². The van der Waals surface area contributed by atoms with Crippen molar-refractivity contribution >= 4 is 0 Å². The van der Waals surface area contributed by atoms with Crippen LogP contribution in [0, 0.1) is 17.2 Å². The first kappa shape index (κ1) is 11.1. The normalized spacial score (nSPS) is 15.4. The molecule has 0 saturated heterocycles. The standard InChI is InChI=1S/C12H18N4/c1-9(2)3-6-12-11(7-8-13)14-15-16(12)10-4-5-10/h9-10H,3-7H2,1-2H3. The fourth-order valence-electron chi connectivity index (χ4n) is 1.86. The smallest absolute Gasteiger partial charge is 0.0999 e. The fraction of sp³-hybridized carbons (Fsp3) is 0.750. The SMILES string of the molecule is CC(C)CCc1c(CC#N)nnn1C1CC1. The molecule has 16 heavy (non-hydrogen) atoms. The summed E-state index contributed by atoms with van der Waals surface area (Å²) >= 11 is 0. The molecular formula is C12H18N4. The van der Waals surface area contributed by atoms with E-state index in [4.69, 9.17) is 5.26 Å². The van der Waals surface area contributed by atoms with Gasteiger partial charge in [-0.05, 0) is 31.6 Å². The molecule has 0 aliphatic heterocycles. The third kappa shape index (κ3) is 2.41. The van der Waals surface area contributed by atoms with Gasteiger partial charge in [0.05, 0.1) is 29.9 Å². The molecule has 1 fully saturated rings. The molecule has 1 saturated carbocycles. The van der Waals surface area contributed by atoms with Crippen molar-refractivity contribution in [2.75, 3.05) is 0 Å². The summed E-state index contributed by atoms with van der Waals surface area (Å²) in [5.41, 5.74) is 2.08. The van der Waals surface area contributed by atoms with Crippen LogP contribution in [0.2, 0.25) is 0 Å². The van der Waals surface area contributed by atoms with Gasteiger partial charge in [0.2, 0.25) is 0 Å². The lowest BCUT2D eigenvalue weighted by Crippen LogP contribution is -2.05. The van der Waals surface area contributed by atoms with Crippen LogP contribution in [0.3, 0.4) is 0 Å². The Bertz CT molecular complexity index is 396. The highest BCUT2D eigenvalue weighted by molar-refractivity contribution is 5.16. The van der Waals surface area contributed by atoms with Crippen molar-refractivity contribution in [1.29, 1.82) is 5.26 Å². The van der Waals surface area contributed by atoms with Gasteiger partial charge in [0.1, 0.15) is 0 Å². The summed E-state index contributed by atoms with van der Waals surface area (Å²) in [6.07, 6.45) is 4.95. The quantitative estimate of drug-likeness (QED) is 0.761. The molecule has 1 aromatic heterocycles. The summed E-state index contributed by atoms with van der Waals surface area (Å²) < 4.78 is 2.05. The van der Waals surface area contributed by atoms with Gasteiger partial charge in [-0.25, -0.2) is 4.68 Å². The van der Waals surface area contributed by atoms with Gasteiger partial charge in [-0.2, -0.15) is 5.26 Å². The van der Waals surface area contributed by atoms with E-state index >= 15 is 0 Å². The number of nitrogens with zero attached hydrogens (tertiary/aromatic N) is 4. The van der Waals surface area contributed by atoms with Crippen molar-refractivity contribution in [3.05, 3.63) is 11.4 Å². The van der Waals surface area contributed by atoms with E-state index in [1.165, 1.54) is 18.5 Å². The molecular weight excluding hydrogens is 200 g/mol. The highest BCUT2D eigenvalue weighted by Gasteiger charge is 2.28. The summed E-state index contributed by atoms with van der Waals surface area (Å²) in [6.45, 7) is 4.43. The van der Waals surface area contributed by atoms with Gasteiger partial charge in [0.15, 0.2) is 0 Å². The third-order valence-corrected chi connectivity index (χ3v) is 2.97. The van der Waals surface area contributed by atoms with Gasteiger partial charge in [0, 0.05) is 0 Å². The van der Waals surface area contributed by atoms with Crippen molar-refractivity contribution < 1.29 is 0 Å². The lowest BCUT2D eigenvalue weighted by molar-refractivity contribution is 0.535. The van der Waals surface area contributed by atoms with Gasteiger partial charge in [-0.1, -0.05) is 19.1 Å². The van der Waals surface area contributed by atoms with Crippen LogP contribution in [-0.2, 0) is 12.8 Å².